The van der Waals surface area contributed by atoms with E-state index in [1.54, 1.807) is 5.56 Å². The zero-order chi connectivity index (χ0) is 23.5. The van der Waals surface area contributed by atoms with Gasteiger partial charge in [0, 0.05) is 0 Å². The van der Waals surface area contributed by atoms with Gasteiger partial charge in [-0.2, -0.15) is 0 Å². The molecule has 3 aliphatic carbocycles. The zero-order valence-corrected chi connectivity index (χ0v) is 21.6. The predicted molar refractivity (Wildman–Crippen MR) is 142 cm³/mol. The quantitative estimate of drug-likeness (QED) is 0.416. The van der Waals surface area contributed by atoms with E-state index in [9.17, 15) is 0 Å². The van der Waals surface area contributed by atoms with E-state index in [0.717, 1.165) is 23.3 Å². The van der Waals surface area contributed by atoms with Crippen molar-refractivity contribution in [2.24, 2.45) is 11.8 Å². The highest BCUT2D eigenvalue weighted by molar-refractivity contribution is 5.32. The molecule has 0 heterocycles. The van der Waals surface area contributed by atoms with Crippen LogP contribution in [0.25, 0.3) is 0 Å². The van der Waals surface area contributed by atoms with Gasteiger partial charge >= 0.3 is 0 Å². The Bertz CT molecular complexity index is 904. The molecule has 0 atom stereocenters. The molecule has 1 heteroatoms. The van der Waals surface area contributed by atoms with Crippen LogP contribution in [0, 0.1) is 17.7 Å². The summed E-state index contributed by atoms with van der Waals surface area (Å²) in [7, 11) is 0. The largest absolute Gasteiger partial charge is 0.207 e. The first-order valence-corrected chi connectivity index (χ1v) is 14.5. The second-order valence-corrected chi connectivity index (χ2v) is 12.1. The number of benzene rings is 2. The first-order valence-electron chi connectivity index (χ1n) is 14.5. The molecule has 3 fully saturated rings. The molecular weight excluding hydrogens is 415 g/mol. The molecule has 0 saturated heterocycles. The molecule has 3 saturated carbocycles. The zero-order valence-electron chi connectivity index (χ0n) is 21.6. The molecule has 3 aliphatic rings. The average Bonchev–Trinajstić information content (AvgIpc) is 2.89. The fourth-order valence-corrected chi connectivity index (χ4v) is 7.40. The maximum absolute atomic E-state index is 15.1. The van der Waals surface area contributed by atoms with Crippen LogP contribution >= 0.6 is 0 Å². The van der Waals surface area contributed by atoms with E-state index in [2.05, 4.69) is 50.2 Å². The summed E-state index contributed by atoms with van der Waals surface area (Å²) in [5.74, 6) is 4.26. The minimum atomic E-state index is 0.0623. The summed E-state index contributed by atoms with van der Waals surface area (Å²) < 4.78 is 15.1. The van der Waals surface area contributed by atoms with Crippen molar-refractivity contribution in [3.63, 3.8) is 0 Å². The molecule has 0 unspecified atom stereocenters. The Balaban J connectivity index is 1.16. The van der Waals surface area contributed by atoms with E-state index in [1.165, 1.54) is 94.6 Å². The van der Waals surface area contributed by atoms with Crippen LogP contribution in [0.2, 0.25) is 0 Å². The standard InChI is InChI=1S/C33H45F/c1-3-24-6-10-30(11-7-24)32-21-20-31(22-33(32)34)29-18-16-28(17-19-29)27-14-12-26(13-15-27)25-8-4-23(2)5-9-25/h12-15,20-25,28-30H,3-11,16-19H2,1-2H3. The smallest absolute Gasteiger partial charge is 0.126 e. The Labute approximate surface area is 207 Å². The van der Waals surface area contributed by atoms with E-state index in [-0.39, 0.29) is 5.82 Å². The van der Waals surface area contributed by atoms with Crippen molar-refractivity contribution in [2.45, 2.75) is 121 Å². The highest BCUT2D eigenvalue weighted by Gasteiger charge is 2.27. The van der Waals surface area contributed by atoms with Crippen LogP contribution in [0.1, 0.15) is 143 Å². The SMILES string of the molecule is CCC1CCC(c2ccc(C3CCC(c4ccc(C5CCC(C)CC5)cc4)CC3)cc2F)CC1. The van der Waals surface area contributed by atoms with Gasteiger partial charge in [0.25, 0.3) is 0 Å². The minimum absolute atomic E-state index is 0.0623. The van der Waals surface area contributed by atoms with Crippen LogP contribution in [0.4, 0.5) is 4.39 Å². The molecule has 184 valence electrons. The Hall–Kier alpha value is -1.63. The van der Waals surface area contributed by atoms with Crippen molar-refractivity contribution in [1.29, 1.82) is 0 Å². The molecule has 0 nitrogen and oxygen atoms in total. The van der Waals surface area contributed by atoms with E-state index < -0.39 is 0 Å². The Morgan fingerprint density at radius 1 is 0.588 bits per heavy atom. The van der Waals surface area contributed by atoms with E-state index in [4.69, 9.17) is 0 Å². The Kier molecular flexibility index (Phi) is 7.77. The molecule has 0 N–H and O–H groups in total. The number of halogens is 1. The lowest BCUT2D eigenvalue weighted by molar-refractivity contribution is 0.314. The molecule has 0 amide bonds. The highest BCUT2D eigenvalue weighted by Crippen LogP contribution is 2.43. The molecule has 0 radical (unpaired) electrons. The van der Waals surface area contributed by atoms with Gasteiger partial charge in [-0.25, -0.2) is 4.39 Å². The summed E-state index contributed by atoms with van der Waals surface area (Å²) in [5.41, 5.74) is 5.31. The Morgan fingerprint density at radius 3 is 1.53 bits per heavy atom. The van der Waals surface area contributed by atoms with Crippen LogP contribution in [-0.2, 0) is 0 Å². The van der Waals surface area contributed by atoms with Gasteiger partial charge in [-0.1, -0.05) is 69.5 Å². The lowest BCUT2D eigenvalue weighted by Gasteiger charge is -2.31. The second kappa shape index (κ2) is 11.0. The molecule has 2 aromatic carbocycles. The lowest BCUT2D eigenvalue weighted by Crippen LogP contribution is -2.15. The number of rotatable bonds is 5. The number of hydrogen-bond acceptors (Lipinski definition) is 0. The first-order chi connectivity index (χ1) is 16.6. The first kappa shape index (κ1) is 24.1. The Morgan fingerprint density at radius 2 is 1.03 bits per heavy atom. The highest BCUT2D eigenvalue weighted by atomic mass is 19.1. The lowest BCUT2D eigenvalue weighted by atomic mass is 9.74. The predicted octanol–water partition coefficient (Wildman–Crippen LogP) is 10.2. The van der Waals surface area contributed by atoms with Crippen LogP contribution in [0.3, 0.4) is 0 Å². The van der Waals surface area contributed by atoms with E-state index >= 15 is 4.39 Å². The summed E-state index contributed by atoms with van der Waals surface area (Å²) in [5, 5.41) is 0. The van der Waals surface area contributed by atoms with Crippen molar-refractivity contribution in [2.75, 3.05) is 0 Å². The third-order valence-corrected chi connectivity index (χ3v) is 9.98. The number of hydrogen-bond donors (Lipinski definition) is 0. The van der Waals surface area contributed by atoms with Crippen LogP contribution in [0.15, 0.2) is 42.5 Å². The molecule has 2 aromatic rings. The molecule has 34 heavy (non-hydrogen) atoms. The van der Waals surface area contributed by atoms with Crippen LogP contribution in [0.5, 0.6) is 0 Å². The van der Waals surface area contributed by atoms with Gasteiger partial charge in [-0.05, 0) is 128 Å². The summed E-state index contributed by atoms with van der Waals surface area (Å²) in [6.45, 7) is 4.69. The van der Waals surface area contributed by atoms with Crippen LogP contribution in [-0.4, -0.2) is 0 Å². The second-order valence-electron chi connectivity index (χ2n) is 12.1. The third kappa shape index (κ3) is 5.44. The van der Waals surface area contributed by atoms with Gasteiger partial charge in [0.1, 0.15) is 5.82 Å². The van der Waals surface area contributed by atoms with Crippen molar-refractivity contribution in [3.05, 3.63) is 70.5 Å². The van der Waals surface area contributed by atoms with Gasteiger partial charge < -0.3 is 0 Å². The van der Waals surface area contributed by atoms with Gasteiger partial charge in [0.15, 0.2) is 0 Å². The summed E-state index contributed by atoms with van der Waals surface area (Å²) in [6, 6.07) is 16.0. The molecule has 5 rings (SSSR count). The third-order valence-electron chi connectivity index (χ3n) is 9.98. The van der Waals surface area contributed by atoms with Crippen molar-refractivity contribution < 1.29 is 4.39 Å². The monoisotopic (exact) mass is 460 g/mol. The molecule has 0 aliphatic heterocycles. The topological polar surface area (TPSA) is 0 Å². The summed E-state index contributed by atoms with van der Waals surface area (Å²) in [6.07, 6.45) is 16.5. The van der Waals surface area contributed by atoms with E-state index in [1.807, 2.05) is 6.07 Å². The van der Waals surface area contributed by atoms with Gasteiger partial charge in [-0.3, -0.25) is 0 Å². The molecule has 0 aromatic heterocycles. The summed E-state index contributed by atoms with van der Waals surface area (Å²) in [4.78, 5) is 0. The van der Waals surface area contributed by atoms with Crippen molar-refractivity contribution >= 4 is 0 Å². The van der Waals surface area contributed by atoms with Crippen molar-refractivity contribution in [1.82, 2.24) is 0 Å². The van der Waals surface area contributed by atoms with Gasteiger partial charge in [-0.15, -0.1) is 0 Å². The fourth-order valence-electron chi connectivity index (χ4n) is 7.40. The maximum Gasteiger partial charge on any atom is 0.126 e. The van der Waals surface area contributed by atoms with Crippen molar-refractivity contribution in [3.8, 4) is 0 Å². The molecular formula is C33H45F. The molecule has 0 spiro atoms. The van der Waals surface area contributed by atoms with Crippen LogP contribution < -0.4 is 0 Å². The fraction of sp³-hybridized carbons (Fsp3) is 0.636. The minimum Gasteiger partial charge on any atom is -0.207 e. The van der Waals surface area contributed by atoms with Gasteiger partial charge in [0.2, 0.25) is 0 Å². The molecule has 0 bridgehead atoms. The van der Waals surface area contributed by atoms with Gasteiger partial charge in [0.05, 0.1) is 0 Å². The average molecular weight is 461 g/mol. The normalized spacial score (nSPS) is 32.4. The summed E-state index contributed by atoms with van der Waals surface area (Å²) >= 11 is 0. The van der Waals surface area contributed by atoms with E-state index in [0.29, 0.717) is 17.8 Å². The maximum atomic E-state index is 15.1.